The van der Waals surface area contributed by atoms with E-state index in [1.807, 2.05) is 0 Å². The summed E-state index contributed by atoms with van der Waals surface area (Å²) in [5.41, 5.74) is 0.364. The molecule has 0 unspecified atom stereocenters. The third-order valence-corrected chi connectivity index (χ3v) is 3.94. The van der Waals surface area contributed by atoms with E-state index in [9.17, 15) is 4.79 Å². The average Bonchev–Trinajstić information content (AvgIpc) is 2.49. The van der Waals surface area contributed by atoms with Gasteiger partial charge in [0.05, 0.1) is 0 Å². The molecule has 1 saturated heterocycles. The molecule has 1 N–H and O–H groups in total. The van der Waals surface area contributed by atoms with E-state index < -0.39 is 0 Å². The SMILES string of the molecule is CCC1CCC2(CC1)CNC(=O)C2. The number of amides is 1. The topological polar surface area (TPSA) is 29.1 Å². The van der Waals surface area contributed by atoms with Gasteiger partial charge in [0.25, 0.3) is 0 Å². The normalized spacial score (nSPS) is 39.5. The number of carbonyl (C=O) groups is 1. The zero-order valence-corrected chi connectivity index (χ0v) is 8.44. The van der Waals surface area contributed by atoms with Crippen LogP contribution in [0.25, 0.3) is 0 Å². The molecule has 1 aliphatic carbocycles. The largest absolute Gasteiger partial charge is 0.356 e. The second kappa shape index (κ2) is 3.32. The molecule has 0 aromatic rings. The molecule has 1 aliphatic heterocycles. The minimum absolute atomic E-state index is 0.273. The van der Waals surface area contributed by atoms with Gasteiger partial charge in [-0.3, -0.25) is 4.79 Å². The summed E-state index contributed by atoms with van der Waals surface area (Å²) in [6, 6.07) is 0. The van der Waals surface area contributed by atoms with Gasteiger partial charge in [0.1, 0.15) is 0 Å². The Balaban J connectivity index is 1.93. The van der Waals surface area contributed by atoms with Crippen molar-refractivity contribution in [3.63, 3.8) is 0 Å². The molecule has 1 spiro atoms. The zero-order chi connectivity index (χ0) is 9.31. The quantitative estimate of drug-likeness (QED) is 0.659. The molecule has 2 aliphatic rings. The zero-order valence-electron chi connectivity index (χ0n) is 8.44. The molecule has 2 rings (SSSR count). The molecule has 0 aromatic heterocycles. The van der Waals surface area contributed by atoms with Crippen molar-refractivity contribution < 1.29 is 4.79 Å². The van der Waals surface area contributed by atoms with E-state index in [0.29, 0.717) is 5.41 Å². The molecular formula is C11H19NO. The highest BCUT2D eigenvalue weighted by Gasteiger charge is 2.40. The molecule has 2 fully saturated rings. The van der Waals surface area contributed by atoms with Crippen LogP contribution in [0.3, 0.4) is 0 Å². The van der Waals surface area contributed by atoms with E-state index in [1.165, 1.54) is 32.1 Å². The standard InChI is InChI=1S/C11H19NO/c1-2-9-3-5-11(6-4-9)7-10(13)12-8-11/h9H,2-8H2,1H3,(H,12,13). The Labute approximate surface area is 80.1 Å². The van der Waals surface area contributed by atoms with Gasteiger partial charge in [-0.1, -0.05) is 13.3 Å². The molecule has 0 aromatic carbocycles. The van der Waals surface area contributed by atoms with Crippen molar-refractivity contribution in [2.24, 2.45) is 11.3 Å². The van der Waals surface area contributed by atoms with Crippen LogP contribution in [0.2, 0.25) is 0 Å². The molecule has 0 bridgehead atoms. The first-order chi connectivity index (χ1) is 6.24. The van der Waals surface area contributed by atoms with Crippen molar-refractivity contribution >= 4 is 5.91 Å². The highest BCUT2D eigenvalue weighted by molar-refractivity contribution is 5.79. The third kappa shape index (κ3) is 1.72. The Kier molecular flexibility index (Phi) is 2.31. The van der Waals surface area contributed by atoms with E-state index in [1.54, 1.807) is 0 Å². The lowest BCUT2D eigenvalue weighted by molar-refractivity contribution is -0.119. The van der Waals surface area contributed by atoms with Gasteiger partial charge in [-0.25, -0.2) is 0 Å². The van der Waals surface area contributed by atoms with Gasteiger partial charge in [-0.2, -0.15) is 0 Å². The molecule has 2 heteroatoms. The fraction of sp³-hybridized carbons (Fsp3) is 0.909. The highest BCUT2D eigenvalue weighted by Crippen LogP contribution is 2.43. The predicted octanol–water partition coefficient (Wildman–Crippen LogP) is 2.09. The van der Waals surface area contributed by atoms with Crippen LogP contribution in [-0.2, 0) is 4.79 Å². The summed E-state index contributed by atoms with van der Waals surface area (Å²) in [5, 5.41) is 2.97. The molecule has 74 valence electrons. The summed E-state index contributed by atoms with van der Waals surface area (Å²) in [5.74, 6) is 1.20. The van der Waals surface area contributed by atoms with E-state index in [0.717, 1.165) is 18.9 Å². The van der Waals surface area contributed by atoms with E-state index in [2.05, 4.69) is 12.2 Å². The first-order valence-corrected chi connectivity index (χ1v) is 5.51. The van der Waals surface area contributed by atoms with Crippen molar-refractivity contribution in [2.45, 2.75) is 45.4 Å². The predicted molar refractivity (Wildman–Crippen MR) is 52.3 cm³/mol. The minimum Gasteiger partial charge on any atom is -0.356 e. The molecule has 1 amide bonds. The van der Waals surface area contributed by atoms with Crippen LogP contribution in [0, 0.1) is 11.3 Å². The van der Waals surface area contributed by atoms with Crippen molar-refractivity contribution in [1.29, 1.82) is 0 Å². The van der Waals surface area contributed by atoms with E-state index >= 15 is 0 Å². The van der Waals surface area contributed by atoms with Gasteiger partial charge < -0.3 is 5.32 Å². The van der Waals surface area contributed by atoms with Gasteiger partial charge >= 0.3 is 0 Å². The van der Waals surface area contributed by atoms with Crippen LogP contribution in [0.1, 0.15) is 45.4 Å². The second-order valence-corrected chi connectivity index (χ2v) is 4.81. The fourth-order valence-electron chi connectivity index (χ4n) is 2.80. The van der Waals surface area contributed by atoms with Gasteiger partial charge in [-0.05, 0) is 37.0 Å². The maximum Gasteiger partial charge on any atom is 0.220 e. The van der Waals surface area contributed by atoms with E-state index in [-0.39, 0.29) is 5.91 Å². The molecule has 1 saturated carbocycles. The van der Waals surface area contributed by atoms with Crippen LogP contribution in [-0.4, -0.2) is 12.5 Å². The highest BCUT2D eigenvalue weighted by atomic mass is 16.1. The Morgan fingerprint density at radius 1 is 1.46 bits per heavy atom. The Bertz CT molecular complexity index is 204. The first-order valence-electron chi connectivity index (χ1n) is 5.51. The summed E-state index contributed by atoms with van der Waals surface area (Å²) < 4.78 is 0. The van der Waals surface area contributed by atoms with Gasteiger partial charge in [0.15, 0.2) is 0 Å². The average molecular weight is 181 g/mol. The Morgan fingerprint density at radius 2 is 2.15 bits per heavy atom. The smallest absolute Gasteiger partial charge is 0.220 e. The number of rotatable bonds is 1. The van der Waals surface area contributed by atoms with Gasteiger partial charge in [-0.15, -0.1) is 0 Å². The van der Waals surface area contributed by atoms with Crippen LogP contribution in [0.15, 0.2) is 0 Å². The van der Waals surface area contributed by atoms with Crippen LogP contribution in [0.4, 0.5) is 0 Å². The van der Waals surface area contributed by atoms with Crippen molar-refractivity contribution in [3.05, 3.63) is 0 Å². The monoisotopic (exact) mass is 181 g/mol. The summed E-state index contributed by atoms with van der Waals surface area (Å²) in [6.45, 7) is 3.23. The summed E-state index contributed by atoms with van der Waals surface area (Å²) >= 11 is 0. The number of hydrogen-bond acceptors (Lipinski definition) is 1. The molecule has 0 radical (unpaired) electrons. The molecular weight excluding hydrogens is 162 g/mol. The molecule has 2 nitrogen and oxygen atoms in total. The summed E-state index contributed by atoms with van der Waals surface area (Å²) in [7, 11) is 0. The maximum absolute atomic E-state index is 11.2. The number of nitrogens with one attached hydrogen (secondary N) is 1. The van der Waals surface area contributed by atoms with Crippen LogP contribution in [0.5, 0.6) is 0 Å². The van der Waals surface area contributed by atoms with Crippen LogP contribution < -0.4 is 5.32 Å². The summed E-state index contributed by atoms with van der Waals surface area (Å²) in [4.78, 5) is 11.2. The van der Waals surface area contributed by atoms with Crippen molar-refractivity contribution in [1.82, 2.24) is 5.32 Å². The molecule has 13 heavy (non-hydrogen) atoms. The number of hydrogen-bond donors (Lipinski definition) is 1. The molecule has 1 heterocycles. The van der Waals surface area contributed by atoms with Crippen LogP contribution >= 0.6 is 0 Å². The Morgan fingerprint density at radius 3 is 2.62 bits per heavy atom. The van der Waals surface area contributed by atoms with Gasteiger partial charge in [0, 0.05) is 13.0 Å². The van der Waals surface area contributed by atoms with Gasteiger partial charge in [0.2, 0.25) is 5.91 Å². The van der Waals surface area contributed by atoms with Crippen molar-refractivity contribution in [2.75, 3.05) is 6.54 Å². The lowest BCUT2D eigenvalue weighted by atomic mass is 9.69. The lowest BCUT2D eigenvalue weighted by Crippen LogP contribution is -2.29. The minimum atomic E-state index is 0.273. The maximum atomic E-state index is 11.2. The third-order valence-electron chi connectivity index (χ3n) is 3.94. The lowest BCUT2D eigenvalue weighted by Gasteiger charge is -2.35. The van der Waals surface area contributed by atoms with E-state index in [4.69, 9.17) is 0 Å². The number of carbonyl (C=O) groups excluding carboxylic acids is 1. The summed E-state index contributed by atoms with van der Waals surface area (Å²) in [6.07, 6.45) is 7.33. The molecule has 0 atom stereocenters. The first kappa shape index (κ1) is 9.04. The second-order valence-electron chi connectivity index (χ2n) is 4.81. The Hall–Kier alpha value is -0.530. The fourth-order valence-corrected chi connectivity index (χ4v) is 2.80. The van der Waals surface area contributed by atoms with Crippen molar-refractivity contribution in [3.8, 4) is 0 Å².